The highest BCUT2D eigenvalue weighted by Gasteiger charge is 2.59. The van der Waals surface area contributed by atoms with Crippen LogP contribution in [0.1, 0.15) is 92.4 Å². The van der Waals surface area contributed by atoms with Crippen molar-refractivity contribution in [3.8, 4) is 0 Å². The Morgan fingerprint density at radius 2 is 1.73 bits per heavy atom. The quantitative estimate of drug-likeness (QED) is 0.529. The molecule has 3 heteroatoms. The highest BCUT2D eigenvalue weighted by atomic mass is 16.3. The molecule has 4 rings (SSSR count). The predicted molar refractivity (Wildman–Crippen MR) is 122 cm³/mol. The predicted octanol–water partition coefficient (Wildman–Crippen LogP) is 5.33. The van der Waals surface area contributed by atoms with Crippen molar-refractivity contribution in [2.75, 3.05) is 0 Å². The monoisotopic (exact) mass is 418 g/mol. The Hall–Kier alpha value is -0.380. The third-order valence-electron chi connectivity index (χ3n) is 10.2. The van der Waals surface area contributed by atoms with E-state index in [1.807, 2.05) is 0 Å². The van der Waals surface area contributed by atoms with Gasteiger partial charge in [-0.2, -0.15) is 0 Å². The second-order valence-electron chi connectivity index (χ2n) is 12.5. The zero-order valence-corrected chi connectivity index (χ0v) is 20.0. The molecule has 0 aliphatic heterocycles. The summed E-state index contributed by atoms with van der Waals surface area (Å²) in [4.78, 5) is 0. The molecule has 0 heterocycles. The summed E-state index contributed by atoms with van der Waals surface area (Å²) in [5.74, 6) is 3.14. The molecular formula is C27H46O3. The van der Waals surface area contributed by atoms with Crippen LogP contribution in [0.5, 0.6) is 0 Å². The zero-order valence-electron chi connectivity index (χ0n) is 20.0. The third-order valence-corrected chi connectivity index (χ3v) is 10.2. The van der Waals surface area contributed by atoms with Gasteiger partial charge in [-0.3, -0.25) is 0 Å². The molecule has 30 heavy (non-hydrogen) atoms. The molecule has 0 unspecified atom stereocenters. The standard InChI is InChI=1S/C27H46O3/c1-16(2)12-19(29)13-17(3)21-6-7-22-20-15-25(30)24-14-18(28)8-10-27(24,5)23(20)9-11-26(21,22)4/h9,16-22,24-25,28-30H,6-8,10-15H2,1-5H3/t17-,18-,19+,20+,21-,22+,24+,25-,26-,27-/m1/s1. The van der Waals surface area contributed by atoms with Crippen molar-refractivity contribution in [2.45, 2.75) is 111 Å². The number of hydrogen-bond donors (Lipinski definition) is 3. The van der Waals surface area contributed by atoms with E-state index in [1.165, 1.54) is 12.8 Å². The lowest BCUT2D eigenvalue weighted by Gasteiger charge is -2.58. The fraction of sp³-hybridized carbons (Fsp3) is 0.926. The first-order valence-electron chi connectivity index (χ1n) is 12.8. The Morgan fingerprint density at radius 1 is 1.00 bits per heavy atom. The van der Waals surface area contributed by atoms with Gasteiger partial charge >= 0.3 is 0 Å². The largest absolute Gasteiger partial charge is 0.393 e. The molecule has 0 aromatic rings. The van der Waals surface area contributed by atoms with Crippen molar-refractivity contribution >= 4 is 0 Å². The fourth-order valence-electron chi connectivity index (χ4n) is 8.76. The number of rotatable bonds is 5. The summed E-state index contributed by atoms with van der Waals surface area (Å²) in [7, 11) is 0. The minimum Gasteiger partial charge on any atom is -0.393 e. The highest BCUT2D eigenvalue weighted by Crippen LogP contribution is 2.66. The topological polar surface area (TPSA) is 60.7 Å². The highest BCUT2D eigenvalue weighted by molar-refractivity contribution is 5.30. The Bertz CT molecular complexity index is 656. The van der Waals surface area contributed by atoms with Gasteiger partial charge in [-0.05, 0) is 104 Å². The SMILES string of the molecule is CC(C)C[C@H](O)C[C@@H](C)[C@H]1CC[C@H]2[C@@H]3C[C@@H](O)[C@@H]4C[C@H](O)CC[C@]4(C)C3=CC[C@]12C. The summed E-state index contributed by atoms with van der Waals surface area (Å²) in [6, 6.07) is 0. The summed E-state index contributed by atoms with van der Waals surface area (Å²) in [5, 5.41) is 31.9. The van der Waals surface area contributed by atoms with Gasteiger partial charge in [-0.25, -0.2) is 0 Å². The van der Waals surface area contributed by atoms with E-state index in [2.05, 4.69) is 40.7 Å². The Balaban J connectivity index is 1.55. The molecule has 3 saturated carbocycles. The van der Waals surface area contributed by atoms with Gasteiger partial charge in [0.15, 0.2) is 0 Å². The van der Waals surface area contributed by atoms with Crippen LogP contribution in [-0.2, 0) is 0 Å². The maximum absolute atomic E-state index is 11.1. The first-order chi connectivity index (χ1) is 14.1. The molecule has 0 bridgehead atoms. The van der Waals surface area contributed by atoms with Crippen LogP contribution >= 0.6 is 0 Å². The average molecular weight is 419 g/mol. The van der Waals surface area contributed by atoms with E-state index in [1.54, 1.807) is 5.57 Å². The van der Waals surface area contributed by atoms with Crippen LogP contribution in [0.4, 0.5) is 0 Å². The first kappa shape index (κ1) is 22.8. The molecular weight excluding hydrogens is 372 g/mol. The number of hydrogen-bond acceptors (Lipinski definition) is 3. The van der Waals surface area contributed by atoms with E-state index in [4.69, 9.17) is 0 Å². The Labute approximate surface area is 184 Å². The normalized spacial score (nSPS) is 47.8. The van der Waals surface area contributed by atoms with Crippen LogP contribution in [0.2, 0.25) is 0 Å². The zero-order chi connectivity index (χ0) is 21.8. The molecule has 0 amide bonds. The van der Waals surface area contributed by atoms with Gasteiger partial charge in [-0.1, -0.05) is 46.3 Å². The van der Waals surface area contributed by atoms with Gasteiger partial charge in [0.2, 0.25) is 0 Å². The summed E-state index contributed by atoms with van der Waals surface area (Å²) in [6.07, 6.45) is 10.9. The summed E-state index contributed by atoms with van der Waals surface area (Å²) in [5.41, 5.74) is 1.99. The fourth-order valence-corrected chi connectivity index (χ4v) is 8.76. The molecule has 3 N–H and O–H groups in total. The number of fused-ring (bicyclic) bond motifs is 5. The van der Waals surface area contributed by atoms with Crippen LogP contribution < -0.4 is 0 Å². The van der Waals surface area contributed by atoms with Crippen molar-refractivity contribution < 1.29 is 15.3 Å². The van der Waals surface area contributed by atoms with Gasteiger partial charge in [0.05, 0.1) is 18.3 Å². The van der Waals surface area contributed by atoms with E-state index in [-0.39, 0.29) is 29.6 Å². The molecule has 4 aliphatic carbocycles. The summed E-state index contributed by atoms with van der Waals surface area (Å²) < 4.78 is 0. The second-order valence-corrected chi connectivity index (χ2v) is 12.5. The molecule has 172 valence electrons. The third kappa shape index (κ3) is 3.71. The lowest BCUT2D eigenvalue weighted by atomic mass is 9.47. The van der Waals surface area contributed by atoms with Gasteiger partial charge in [0.25, 0.3) is 0 Å². The Kier molecular flexibility index (Phi) is 6.23. The van der Waals surface area contributed by atoms with Crippen molar-refractivity contribution in [3.05, 3.63) is 11.6 Å². The van der Waals surface area contributed by atoms with Gasteiger partial charge in [-0.15, -0.1) is 0 Å². The van der Waals surface area contributed by atoms with Crippen molar-refractivity contribution in [2.24, 2.45) is 46.3 Å². The van der Waals surface area contributed by atoms with E-state index in [0.717, 1.165) is 44.9 Å². The number of aliphatic hydroxyl groups excluding tert-OH is 3. The number of allylic oxidation sites excluding steroid dienone is 2. The maximum Gasteiger partial charge on any atom is 0.0583 e. The molecule has 0 aromatic carbocycles. The molecule has 0 spiro atoms. The lowest BCUT2D eigenvalue weighted by Crippen LogP contribution is -2.53. The molecule has 4 aliphatic rings. The van der Waals surface area contributed by atoms with Crippen LogP contribution in [0, 0.1) is 46.3 Å². The van der Waals surface area contributed by atoms with Crippen molar-refractivity contribution in [3.63, 3.8) is 0 Å². The van der Waals surface area contributed by atoms with E-state index < -0.39 is 0 Å². The minimum atomic E-state index is -0.279. The minimum absolute atomic E-state index is 0.0695. The van der Waals surface area contributed by atoms with Crippen LogP contribution in [-0.4, -0.2) is 33.6 Å². The second kappa shape index (κ2) is 8.19. The average Bonchev–Trinajstić information content (AvgIpc) is 3.00. The van der Waals surface area contributed by atoms with Crippen LogP contribution in [0.25, 0.3) is 0 Å². The van der Waals surface area contributed by atoms with Gasteiger partial charge in [0, 0.05) is 0 Å². The van der Waals surface area contributed by atoms with E-state index >= 15 is 0 Å². The maximum atomic E-state index is 11.1. The molecule has 10 atom stereocenters. The number of aliphatic hydroxyl groups is 3. The molecule has 0 radical (unpaired) electrons. The molecule has 3 nitrogen and oxygen atoms in total. The van der Waals surface area contributed by atoms with E-state index in [9.17, 15) is 15.3 Å². The lowest BCUT2D eigenvalue weighted by molar-refractivity contribution is -0.0831. The molecule has 0 aromatic heterocycles. The van der Waals surface area contributed by atoms with Gasteiger partial charge in [0.1, 0.15) is 0 Å². The smallest absolute Gasteiger partial charge is 0.0583 e. The molecule has 0 saturated heterocycles. The van der Waals surface area contributed by atoms with Crippen molar-refractivity contribution in [1.29, 1.82) is 0 Å². The van der Waals surface area contributed by atoms with Crippen molar-refractivity contribution in [1.82, 2.24) is 0 Å². The van der Waals surface area contributed by atoms with Gasteiger partial charge < -0.3 is 15.3 Å². The summed E-state index contributed by atoms with van der Waals surface area (Å²) in [6.45, 7) is 11.7. The van der Waals surface area contributed by atoms with Crippen LogP contribution in [0.3, 0.4) is 0 Å². The Morgan fingerprint density at radius 3 is 2.43 bits per heavy atom. The van der Waals surface area contributed by atoms with E-state index in [0.29, 0.717) is 35.0 Å². The molecule has 3 fully saturated rings. The van der Waals surface area contributed by atoms with Crippen LogP contribution in [0.15, 0.2) is 11.6 Å². The first-order valence-corrected chi connectivity index (χ1v) is 12.8. The summed E-state index contributed by atoms with van der Waals surface area (Å²) >= 11 is 0.